The fourth-order valence-electron chi connectivity index (χ4n) is 8.80. The fourth-order valence-corrected chi connectivity index (χ4v) is 8.80. The lowest BCUT2D eigenvalue weighted by Crippen LogP contribution is -2.24. The van der Waals surface area contributed by atoms with Gasteiger partial charge in [0.2, 0.25) is 0 Å². The van der Waals surface area contributed by atoms with E-state index in [9.17, 15) is 0 Å². The Labute approximate surface area is 352 Å². The molecule has 0 saturated heterocycles. The predicted octanol–water partition coefficient (Wildman–Crippen LogP) is 14.3. The van der Waals surface area contributed by atoms with E-state index in [4.69, 9.17) is 9.97 Å². The van der Waals surface area contributed by atoms with E-state index in [2.05, 4.69) is 170 Å². The van der Waals surface area contributed by atoms with Crippen LogP contribution in [0.4, 0.5) is 0 Å². The second-order valence-electron chi connectivity index (χ2n) is 15.8. The summed E-state index contributed by atoms with van der Waals surface area (Å²) in [6, 6.07) is 39.1. The summed E-state index contributed by atoms with van der Waals surface area (Å²) >= 11 is 0. The molecule has 0 fully saturated rings. The van der Waals surface area contributed by atoms with Crippen molar-refractivity contribution in [3.05, 3.63) is 199 Å². The van der Waals surface area contributed by atoms with Crippen molar-refractivity contribution in [1.29, 1.82) is 0 Å². The Kier molecular flexibility index (Phi) is 10.2. The van der Waals surface area contributed by atoms with Gasteiger partial charge in [-0.05, 0) is 122 Å². The topological polar surface area (TPSA) is 70.2 Å². The van der Waals surface area contributed by atoms with Gasteiger partial charge in [-0.3, -0.25) is 4.98 Å². The number of allylic oxidation sites excluding steroid dienone is 3. The monoisotopic (exact) mass is 777 g/mol. The minimum atomic E-state index is -0.162. The van der Waals surface area contributed by atoms with E-state index in [1.165, 1.54) is 16.7 Å². The molecule has 0 unspecified atom stereocenters. The normalized spacial score (nSPS) is 12.1. The first-order valence-corrected chi connectivity index (χ1v) is 20.5. The Bertz CT molecular complexity index is 2920. The van der Waals surface area contributed by atoms with E-state index in [1.54, 1.807) is 0 Å². The molecule has 0 atom stereocenters. The summed E-state index contributed by atoms with van der Waals surface area (Å²) < 4.78 is 0. The molecule has 292 valence electrons. The van der Waals surface area contributed by atoms with Gasteiger partial charge in [-0.15, -0.1) is 19.7 Å². The SMILES string of the molecule is C=CCC(CC=C)(CC=C)c1ccc(-c2c3nc(c(-c4ccc(C)cc4)c4ccc([nH]4)c(-c4ccncc4)c4nc(c(-c5ccc(C)cc5)c5ccc2[nH]5)C=C4)C=C3)cc1. The van der Waals surface area contributed by atoms with Crippen LogP contribution in [0.3, 0.4) is 0 Å². The highest BCUT2D eigenvalue weighted by molar-refractivity contribution is 5.99. The Balaban J connectivity index is 1.40. The van der Waals surface area contributed by atoms with E-state index in [1.807, 2.05) is 42.8 Å². The van der Waals surface area contributed by atoms with Crippen LogP contribution in [0.5, 0.6) is 0 Å². The maximum Gasteiger partial charge on any atom is 0.0737 e. The minimum Gasteiger partial charge on any atom is -0.354 e. The van der Waals surface area contributed by atoms with Crippen LogP contribution in [0, 0.1) is 13.8 Å². The Hall–Kier alpha value is -7.37. The van der Waals surface area contributed by atoms with Crippen LogP contribution in [0.1, 0.15) is 58.7 Å². The van der Waals surface area contributed by atoms with E-state index in [0.717, 1.165) is 109 Å². The maximum atomic E-state index is 5.49. The molecule has 0 radical (unpaired) electrons. The molecule has 0 spiro atoms. The lowest BCUT2D eigenvalue weighted by atomic mass is 9.72. The average Bonchev–Trinajstić information content (AvgIpc) is 4.11. The number of rotatable bonds is 11. The molecule has 2 aliphatic rings. The van der Waals surface area contributed by atoms with Crippen LogP contribution in [0.25, 0.3) is 90.9 Å². The smallest absolute Gasteiger partial charge is 0.0737 e. The Morgan fingerprint density at radius 3 is 1.08 bits per heavy atom. The van der Waals surface area contributed by atoms with Crippen molar-refractivity contribution in [2.75, 3.05) is 0 Å². The summed E-state index contributed by atoms with van der Waals surface area (Å²) in [6.45, 7) is 16.6. The summed E-state index contributed by atoms with van der Waals surface area (Å²) in [5, 5.41) is 0. The van der Waals surface area contributed by atoms with E-state index in [-0.39, 0.29) is 5.41 Å². The second-order valence-corrected chi connectivity index (χ2v) is 15.8. The first kappa shape index (κ1) is 38.2. The number of pyridine rings is 1. The second kappa shape index (κ2) is 16.1. The lowest BCUT2D eigenvalue weighted by molar-refractivity contribution is 0.442. The van der Waals surface area contributed by atoms with Gasteiger partial charge in [0.15, 0.2) is 0 Å². The summed E-state index contributed by atoms with van der Waals surface area (Å²) in [4.78, 5) is 23.0. The fraction of sp³-hybridized carbons (Fsp3) is 0.109. The molecule has 5 heteroatoms. The third-order valence-corrected chi connectivity index (χ3v) is 11.8. The number of hydrogen-bond acceptors (Lipinski definition) is 3. The molecule has 60 heavy (non-hydrogen) atoms. The highest BCUT2D eigenvalue weighted by Gasteiger charge is 2.29. The van der Waals surface area contributed by atoms with Crippen LogP contribution < -0.4 is 0 Å². The van der Waals surface area contributed by atoms with Crippen molar-refractivity contribution < 1.29 is 0 Å². The molecule has 0 amide bonds. The maximum absolute atomic E-state index is 5.49. The van der Waals surface area contributed by atoms with Gasteiger partial charge in [0, 0.05) is 62.1 Å². The van der Waals surface area contributed by atoms with Crippen LogP contribution in [-0.2, 0) is 5.41 Å². The van der Waals surface area contributed by atoms with Gasteiger partial charge in [0.25, 0.3) is 0 Å². The zero-order valence-corrected chi connectivity index (χ0v) is 34.2. The van der Waals surface area contributed by atoms with Crippen molar-refractivity contribution in [2.45, 2.75) is 38.5 Å². The third kappa shape index (κ3) is 7.09. The summed E-state index contributed by atoms with van der Waals surface area (Å²) in [5.41, 5.74) is 19.1. The van der Waals surface area contributed by atoms with Crippen molar-refractivity contribution in [2.24, 2.45) is 0 Å². The van der Waals surface area contributed by atoms with Crippen molar-refractivity contribution in [3.8, 4) is 44.5 Å². The number of nitrogens with zero attached hydrogens (tertiary/aromatic N) is 3. The number of aromatic nitrogens is 5. The molecule has 6 heterocycles. The van der Waals surface area contributed by atoms with Crippen molar-refractivity contribution in [1.82, 2.24) is 24.9 Å². The van der Waals surface area contributed by atoms with E-state index < -0.39 is 0 Å². The molecule has 4 aromatic heterocycles. The highest BCUT2D eigenvalue weighted by Crippen LogP contribution is 2.41. The molecule has 5 nitrogen and oxygen atoms in total. The molecular weight excluding hydrogens is 731 g/mol. The summed E-state index contributed by atoms with van der Waals surface area (Å²) in [6.07, 6.45) is 20.7. The van der Waals surface area contributed by atoms with Crippen LogP contribution in [0.15, 0.2) is 160 Å². The quantitative estimate of drug-likeness (QED) is 0.129. The number of hydrogen-bond donors (Lipinski definition) is 2. The number of aromatic amines is 2. The molecule has 0 saturated carbocycles. The number of aryl methyl sites for hydroxylation is 2. The van der Waals surface area contributed by atoms with Gasteiger partial charge in [-0.25, -0.2) is 9.97 Å². The van der Waals surface area contributed by atoms with Crippen LogP contribution in [0.2, 0.25) is 0 Å². The zero-order valence-electron chi connectivity index (χ0n) is 34.2. The van der Waals surface area contributed by atoms with Gasteiger partial charge in [0.05, 0.1) is 22.8 Å². The molecule has 9 rings (SSSR count). The lowest BCUT2D eigenvalue weighted by Gasteiger charge is -2.32. The molecule has 3 aromatic carbocycles. The van der Waals surface area contributed by atoms with Gasteiger partial charge >= 0.3 is 0 Å². The summed E-state index contributed by atoms with van der Waals surface area (Å²) in [7, 11) is 0. The number of H-pyrrole nitrogens is 2. The Morgan fingerprint density at radius 2 is 0.750 bits per heavy atom. The number of nitrogens with one attached hydrogen (secondary N) is 2. The molecular formula is C55H47N5. The molecule has 7 aromatic rings. The highest BCUT2D eigenvalue weighted by atomic mass is 14.8. The Morgan fingerprint density at radius 1 is 0.433 bits per heavy atom. The van der Waals surface area contributed by atoms with Gasteiger partial charge in [-0.2, -0.15) is 0 Å². The molecule has 2 N–H and O–H groups in total. The van der Waals surface area contributed by atoms with Crippen molar-refractivity contribution >= 4 is 46.4 Å². The molecule has 8 bridgehead atoms. The van der Waals surface area contributed by atoms with Gasteiger partial charge in [0.1, 0.15) is 0 Å². The zero-order chi connectivity index (χ0) is 41.2. The predicted molar refractivity (Wildman–Crippen MR) is 254 cm³/mol. The van der Waals surface area contributed by atoms with E-state index >= 15 is 0 Å². The van der Waals surface area contributed by atoms with E-state index in [0.29, 0.717) is 0 Å². The van der Waals surface area contributed by atoms with Gasteiger partial charge in [-0.1, -0.05) is 102 Å². The molecule has 2 aliphatic heterocycles. The largest absolute Gasteiger partial charge is 0.354 e. The first-order valence-electron chi connectivity index (χ1n) is 20.5. The average molecular weight is 778 g/mol. The van der Waals surface area contributed by atoms with Crippen LogP contribution >= 0.6 is 0 Å². The standard InChI is InChI=1S/C55H47N5/c1-6-31-55(32-7-2,33-8-3)42-19-17-40(18-20-42)53-47-23-21-43(57-47)51(38-13-9-36(4)10-14-38)45-25-27-49(59-45)54(41-29-34-56-35-30-41)50-28-26-46(60-50)52(44-22-24-48(53)58-44)39-15-11-37(5)12-16-39/h6-30,34-35,57,60H,1-3,31-33H2,4-5H3. The minimum absolute atomic E-state index is 0.162. The number of fused-ring (bicyclic) bond motifs is 8. The van der Waals surface area contributed by atoms with Crippen molar-refractivity contribution in [3.63, 3.8) is 0 Å². The number of benzene rings is 3. The molecule has 0 aliphatic carbocycles. The van der Waals surface area contributed by atoms with Crippen LogP contribution in [-0.4, -0.2) is 24.9 Å². The first-order chi connectivity index (χ1) is 29.4. The summed E-state index contributed by atoms with van der Waals surface area (Å²) in [5.74, 6) is 0. The third-order valence-electron chi connectivity index (χ3n) is 11.8. The van der Waals surface area contributed by atoms with Gasteiger partial charge < -0.3 is 9.97 Å².